The van der Waals surface area contributed by atoms with Crippen molar-refractivity contribution in [2.75, 3.05) is 66.1 Å². The first-order chi connectivity index (χ1) is 26.8. The van der Waals surface area contributed by atoms with Gasteiger partial charge < -0.3 is 30.0 Å². The fourth-order valence-corrected chi connectivity index (χ4v) is 8.62. The third-order valence-electron chi connectivity index (χ3n) is 11.4. The molecule has 6 rings (SSSR count). The van der Waals surface area contributed by atoms with E-state index in [1.807, 2.05) is 116 Å². The second kappa shape index (κ2) is 21.5. The summed E-state index contributed by atoms with van der Waals surface area (Å²) in [7, 11) is 2.06. The Morgan fingerprint density at radius 3 is 1.76 bits per heavy atom. The van der Waals surface area contributed by atoms with Crippen LogP contribution in [0, 0.1) is 11.8 Å². The highest BCUT2D eigenvalue weighted by Crippen LogP contribution is 2.47. The standard InChI is InChI=1S/C25H32N2O3.C20H24N2O.C2H6/c1-3-27-20-23(14-15-26(2)16-18-30-19-17-28)25(24(27)29,21-10-6-4-7-11-21)22-12-8-5-9-13-22;1-2-22-14-13-18(15-22)20(19(21)23,16-9-5-3-6-10-16)17-11-7-4-8-12-17;1-2/h4-13,17,23H,3,14-16,18-20H2,1-2H3;3-12,18H,2,13-15H2,1H3,(H2,21,23);1-2H3. The second-order valence-electron chi connectivity index (χ2n) is 14.2. The van der Waals surface area contributed by atoms with Gasteiger partial charge in [0.25, 0.3) is 0 Å². The van der Waals surface area contributed by atoms with Crippen LogP contribution in [0.25, 0.3) is 0 Å². The molecule has 8 nitrogen and oxygen atoms in total. The summed E-state index contributed by atoms with van der Waals surface area (Å²) in [6, 6.07) is 40.5. The van der Waals surface area contributed by atoms with E-state index in [4.69, 9.17) is 10.5 Å². The van der Waals surface area contributed by atoms with Gasteiger partial charge in [0.15, 0.2) is 0 Å². The smallest absolute Gasteiger partial charge is 0.238 e. The highest BCUT2D eigenvalue weighted by Gasteiger charge is 2.55. The van der Waals surface area contributed by atoms with Crippen LogP contribution in [0.15, 0.2) is 121 Å². The van der Waals surface area contributed by atoms with Crippen molar-refractivity contribution in [3.63, 3.8) is 0 Å². The van der Waals surface area contributed by atoms with Crippen molar-refractivity contribution in [3.8, 4) is 0 Å². The Bertz CT molecular complexity index is 1640. The zero-order valence-electron chi connectivity index (χ0n) is 33.6. The summed E-state index contributed by atoms with van der Waals surface area (Å²) in [4.78, 5) is 43.6. The van der Waals surface area contributed by atoms with E-state index in [2.05, 4.69) is 55.0 Å². The van der Waals surface area contributed by atoms with Crippen molar-refractivity contribution in [3.05, 3.63) is 144 Å². The maximum Gasteiger partial charge on any atom is 0.238 e. The van der Waals surface area contributed by atoms with Crippen LogP contribution in [-0.2, 0) is 30.0 Å². The molecule has 2 atom stereocenters. The number of hydrogen-bond donors (Lipinski definition) is 1. The summed E-state index contributed by atoms with van der Waals surface area (Å²) in [5.41, 5.74) is 8.77. The van der Waals surface area contributed by atoms with Crippen LogP contribution < -0.4 is 5.73 Å². The zero-order valence-corrected chi connectivity index (χ0v) is 33.6. The van der Waals surface area contributed by atoms with Crippen molar-refractivity contribution in [2.24, 2.45) is 17.6 Å². The molecule has 0 aromatic heterocycles. The Kier molecular flexibility index (Phi) is 16.8. The lowest BCUT2D eigenvalue weighted by molar-refractivity contribution is -0.131. The molecule has 2 fully saturated rings. The van der Waals surface area contributed by atoms with Crippen LogP contribution in [0.4, 0.5) is 0 Å². The van der Waals surface area contributed by atoms with Crippen molar-refractivity contribution >= 4 is 18.1 Å². The Hall–Kier alpha value is -4.63. The summed E-state index contributed by atoms with van der Waals surface area (Å²) in [6.45, 7) is 14.9. The lowest BCUT2D eigenvalue weighted by Gasteiger charge is -2.37. The summed E-state index contributed by atoms with van der Waals surface area (Å²) in [6.07, 6.45) is 2.66. The number of likely N-dealkylation sites (N-methyl/N-ethyl adjacent to an activating group) is 2. The van der Waals surface area contributed by atoms with Gasteiger partial charge in [-0.05, 0) is 74.6 Å². The molecular weight excluding hydrogens is 685 g/mol. The molecule has 2 N–H and O–H groups in total. The first-order valence-electron chi connectivity index (χ1n) is 20.1. The fourth-order valence-electron chi connectivity index (χ4n) is 8.62. The van der Waals surface area contributed by atoms with Crippen LogP contribution in [0.1, 0.15) is 62.8 Å². The summed E-state index contributed by atoms with van der Waals surface area (Å²) < 4.78 is 5.28. The molecule has 2 amide bonds. The Balaban J connectivity index is 0.000000241. The predicted octanol–water partition coefficient (Wildman–Crippen LogP) is 6.81. The molecule has 8 heteroatoms. The molecule has 2 aliphatic heterocycles. The fraction of sp³-hybridized carbons (Fsp3) is 0.426. The van der Waals surface area contributed by atoms with Gasteiger partial charge in [-0.15, -0.1) is 0 Å². The van der Waals surface area contributed by atoms with E-state index in [0.29, 0.717) is 13.2 Å². The average Bonchev–Trinajstić information content (AvgIpc) is 3.84. The second-order valence-corrected chi connectivity index (χ2v) is 14.2. The number of nitrogens with two attached hydrogens (primary N) is 1. The van der Waals surface area contributed by atoms with Gasteiger partial charge in [0.05, 0.1) is 6.61 Å². The van der Waals surface area contributed by atoms with Gasteiger partial charge in [-0.1, -0.05) is 142 Å². The number of carbonyl (C=O) groups is 3. The molecule has 0 aliphatic carbocycles. The van der Waals surface area contributed by atoms with Crippen LogP contribution in [0.5, 0.6) is 0 Å². The Labute approximate surface area is 329 Å². The third kappa shape index (κ3) is 9.61. The number of hydrogen-bond acceptors (Lipinski definition) is 6. The van der Waals surface area contributed by atoms with Crippen LogP contribution >= 0.6 is 0 Å². The molecule has 4 aromatic rings. The summed E-state index contributed by atoms with van der Waals surface area (Å²) >= 11 is 0. The third-order valence-corrected chi connectivity index (χ3v) is 11.4. The molecule has 4 aromatic carbocycles. The number of aldehydes is 1. The molecule has 0 saturated carbocycles. The number of nitrogens with zero attached hydrogens (tertiary/aromatic N) is 3. The van der Waals surface area contributed by atoms with Gasteiger partial charge in [0, 0.05) is 32.1 Å². The number of carbonyl (C=O) groups excluding carboxylic acids is 3. The molecule has 0 bridgehead atoms. The molecule has 0 spiro atoms. The quantitative estimate of drug-likeness (QED) is 0.100. The first kappa shape index (κ1) is 43.1. The highest BCUT2D eigenvalue weighted by atomic mass is 16.5. The van der Waals surface area contributed by atoms with Crippen molar-refractivity contribution in [2.45, 2.75) is 51.4 Å². The molecule has 2 aliphatic rings. The zero-order chi connectivity index (χ0) is 39.7. The van der Waals surface area contributed by atoms with E-state index in [-0.39, 0.29) is 30.3 Å². The van der Waals surface area contributed by atoms with Gasteiger partial charge in [-0.25, -0.2) is 0 Å². The van der Waals surface area contributed by atoms with E-state index in [9.17, 15) is 14.4 Å². The molecule has 2 heterocycles. The van der Waals surface area contributed by atoms with Crippen LogP contribution in [0.2, 0.25) is 0 Å². The number of likely N-dealkylation sites (tertiary alicyclic amines) is 2. The Morgan fingerprint density at radius 2 is 1.33 bits per heavy atom. The largest absolute Gasteiger partial charge is 0.373 e. The average molecular weight is 747 g/mol. The van der Waals surface area contributed by atoms with Crippen LogP contribution in [-0.4, -0.2) is 98.9 Å². The van der Waals surface area contributed by atoms with Gasteiger partial charge >= 0.3 is 0 Å². The minimum atomic E-state index is -0.757. The number of amides is 2. The van der Waals surface area contributed by atoms with E-state index in [0.717, 1.165) is 80.7 Å². The van der Waals surface area contributed by atoms with Crippen LogP contribution in [0.3, 0.4) is 0 Å². The topological polar surface area (TPSA) is 96.2 Å². The molecule has 0 radical (unpaired) electrons. The Morgan fingerprint density at radius 1 is 0.818 bits per heavy atom. The van der Waals surface area contributed by atoms with E-state index in [1.54, 1.807) is 0 Å². The van der Waals surface area contributed by atoms with Gasteiger partial charge in [0.1, 0.15) is 23.7 Å². The first-order valence-corrected chi connectivity index (χ1v) is 20.1. The van der Waals surface area contributed by atoms with Crippen molar-refractivity contribution in [1.29, 1.82) is 0 Å². The molecule has 55 heavy (non-hydrogen) atoms. The predicted molar refractivity (Wildman–Crippen MR) is 223 cm³/mol. The van der Waals surface area contributed by atoms with E-state index in [1.165, 1.54) is 0 Å². The van der Waals surface area contributed by atoms with E-state index >= 15 is 0 Å². The highest BCUT2D eigenvalue weighted by molar-refractivity contribution is 5.95. The maximum absolute atomic E-state index is 13.8. The monoisotopic (exact) mass is 746 g/mol. The lowest BCUT2D eigenvalue weighted by atomic mass is 9.64. The minimum Gasteiger partial charge on any atom is -0.373 e. The molecule has 2 saturated heterocycles. The number of ether oxygens (including phenoxy) is 1. The normalized spacial score (nSPS) is 17.9. The molecule has 294 valence electrons. The molecule has 2 unspecified atom stereocenters. The van der Waals surface area contributed by atoms with Crippen molar-refractivity contribution in [1.82, 2.24) is 14.7 Å². The van der Waals surface area contributed by atoms with Crippen molar-refractivity contribution < 1.29 is 19.1 Å². The number of benzene rings is 4. The summed E-state index contributed by atoms with van der Waals surface area (Å²) in [5, 5.41) is 0. The molecular formula is C47H62N4O4. The SMILES string of the molecule is CC.CCN1CC(CCN(C)CCOCC=O)C(c2ccccc2)(c2ccccc2)C1=O.CCN1CCC(C(C(N)=O)(c2ccccc2)c2ccccc2)C1. The summed E-state index contributed by atoms with van der Waals surface area (Å²) in [5.74, 6) is 0.320. The van der Waals surface area contributed by atoms with Gasteiger partial charge in [-0.3, -0.25) is 9.59 Å². The minimum absolute atomic E-state index is 0.140. The number of primary amides is 1. The van der Waals surface area contributed by atoms with E-state index < -0.39 is 10.8 Å². The maximum atomic E-state index is 13.8. The number of rotatable bonds is 16. The van der Waals surface area contributed by atoms with Gasteiger partial charge in [0.2, 0.25) is 11.8 Å². The lowest BCUT2D eigenvalue weighted by Crippen LogP contribution is -2.49. The van der Waals surface area contributed by atoms with Gasteiger partial charge in [-0.2, -0.15) is 0 Å².